The molecule has 0 unspecified atom stereocenters. The predicted octanol–water partition coefficient (Wildman–Crippen LogP) is 1.16. The number of nitrogens with two attached hydrogens (primary N) is 1. The minimum atomic E-state index is -4.02. The quantitative estimate of drug-likeness (QED) is 0.772. The van der Waals surface area contributed by atoms with Crippen molar-refractivity contribution in [1.29, 1.82) is 0 Å². The van der Waals surface area contributed by atoms with Crippen LogP contribution in [0.5, 0.6) is 0 Å². The van der Waals surface area contributed by atoms with E-state index in [1.54, 1.807) is 54.6 Å². The molecule has 0 saturated carbocycles. The molecule has 2 rings (SSSR count). The van der Waals surface area contributed by atoms with E-state index < -0.39 is 22.2 Å². The van der Waals surface area contributed by atoms with Crippen LogP contribution in [0.1, 0.15) is 11.6 Å². The number of hydrogen-bond acceptors (Lipinski definition) is 3. The number of hydrogen-bond donors (Lipinski definition) is 3. The molecular formula is C14H15N3O3S. The topological polar surface area (TPSA) is 101 Å². The van der Waals surface area contributed by atoms with Crippen molar-refractivity contribution < 1.29 is 13.2 Å². The van der Waals surface area contributed by atoms with Crippen molar-refractivity contribution in [3.05, 3.63) is 66.2 Å². The lowest BCUT2D eigenvalue weighted by molar-refractivity contribution is -0.117. The highest BCUT2D eigenvalue weighted by molar-refractivity contribution is 7.87. The van der Waals surface area contributed by atoms with Gasteiger partial charge in [-0.1, -0.05) is 48.5 Å². The van der Waals surface area contributed by atoms with E-state index in [0.717, 1.165) is 0 Å². The second kappa shape index (κ2) is 6.49. The molecule has 2 aromatic carbocycles. The van der Waals surface area contributed by atoms with Gasteiger partial charge >= 0.3 is 0 Å². The second-order valence-electron chi connectivity index (χ2n) is 4.36. The van der Waals surface area contributed by atoms with E-state index >= 15 is 0 Å². The maximum Gasteiger partial charge on any atom is 0.275 e. The standard InChI is InChI=1S/C14H15N3O3S/c15-21(19,20)17-13(11-7-3-1-4-8-11)14(18)16-12-9-5-2-6-10-12/h1-10,13,17H,(H,16,18)(H2,15,19,20)/t13-/m0/s1. The number of nitrogens with one attached hydrogen (secondary N) is 2. The van der Waals surface area contributed by atoms with Crippen LogP contribution < -0.4 is 15.2 Å². The molecule has 0 aliphatic rings. The summed E-state index contributed by atoms with van der Waals surface area (Å²) in [6.07, 6.45) is 0. The van der Waals surface area contributed by atoms with Crippen LogP contribution in [0.15, 0.2) is 60.7 Å². The Morgan fingerprint density at radius 3 is 2.00 bits per heavy atom. The third-order valence-corrected chi connectivity index (χ3v) is 3.28. The van der Waals surface area contributed by atoms with Gasteiger partial charge in [0.1, 0.15) is 6.04 Å². The average molecular weight is 305 g/mol. The molecule has 0 aliphatic carbocycles. The van der Waals surface area contributed by atoms with E-state index in [1.807, 2.05) is 6.07 Å². The highest BCUT2D eigenvalue weighted by Crippen LogP contribution is 2.16. The minimum absolute atomic E-state index is 0.500. The van der Waals surface area contributed by atoms with Crippen LogP contribution in [0.3, 0.4) is 0 Å². The molecule has 2 aromatic rings. The molecule has 7 heteroatoms. The van der Waals surface area contributed by atoms with Crippen molar-refractivity contribution >= 4 is 21.8 Å². The van der Waals surface area contributed by atoms with Gasteiger partial charge in [0.25, 0.3) is 10.2 Å². The smallest absolute Gasteiger partial charge is 0.275 e. The van der Waals surface area contributed by atoms with Crippen LogP contribution in [0.4, 0.5) is 5.69 Å². The summed E-state index contributed by atoms with van der Waals surface area (Å²) in [5.74, 6) is -0.513. The third kappa shape index (κ3) is 4.67. The molecule has 1 amide bonds. The van der Waals surface area contributed by atoms with Crippen molar-refractivity contribution in [1.82, 2.24) is 4.72 Å². The Hall–Kier alpha value is -2.22. The summed E-state index contributed by atoms with van der Waals surface area (Å²) in [4.78, 5) is 12.3. The molecule has 0 fully saturated rings. The Morgan fingerprint density at radius 2 is 1.48 bits per heavy atom. The first-order valence-electron chi connectivity index (χ1n) is 6.16. The molecule has 6 nitrogen and oxygen atoms in total. The fraction of sp³-hybridized carbons (Fsp3) is 0.0714. The number of carbonyl (C=O) groups is 1. The number of para-hydroxylation sites is 1. The Morgan fingerprint density at radius 1 is 0.952 bits per heavy atom. The van der Waals surface area contributed by atoms with Crippen molar-refractivity contribution in [2.45, 2.75) is 6.04 Å². The van der Waals surface area contributed by atoms with E-state index in [4.69, 9.17) is 5.14 Å². The molecule has 0 radical (unpaired) electrons. The monoisotopic (exact) mass is 305 g/mol. The fourth-order valence-electron chi connectivity index (χ4n) is 1.82. The third-order valence-electron chi connectivity index (χ3n) is 2.72. The molecule has 0 bridgehead atoms. The van der Waals surface area contributed by atoms with Gasteiger partial charge < -0.3 is 5.32 Å². The van der Waals surface area contributed by atoms with E-state index in [9.17, 15) is 13.2 Å². The van der Waals surface area contributed by atoms with Gasteiger partial charge in [0.2, 0.25) is 5.91 Å². The van der Waals surface area contributed by atoms with Crippen LogP contribution in [-0.4, -0.2) is 14.3 Å². The predicted molar refractivity (Wildman–Crippen MR) is 80.5 cm³/mol. The van der Waals surface area contributed by atoms with Crippen LogP contribution in [-0.2, 0) is 15.0 Å². The van der Waals surface area contributed by atoms with Crippen molar-refractivity contribution in [3.8, 4) is 0 Å². The van der Waals surface area contributed by atoms with Gasteiger partial charge in [-0.05, 0) is 17.7 Å². The van der Waals surface area contributed by atoms with Crippen molar-refractivity contribution in [2.75, 3.05) is 5.32 Å². The van der Waals surface area contributed by atoms with Crippen molar-refractivity contribution in [3.63, 3.8) is 0 Å². The molecule has 1 atom stereocenters. The second-order valence-corrected chi connectivity index (χ2v) is 5.69. The first-order chi connectivity index (χ1) is 9.96. The molecule has 21 heavy (non-hydrogen) atoms. The molecule has 0 spiro atoms. The largest absolute Gasteiger partial charge is 0.324 e. The maximum atomic E-state index is 12.3. The Bertz CT molecular complexity index is 703. The van der Waals surface area contributed by atoms with Gasteiger partial charge in [-0.3, -0.25) is 4.79 Å². The lowest BCUT2D eigenvalue weighted by Gasteiger charge is -2.17. The van der Waals surface area contributed by atoms with Crippen molar-refractivity contribution in [2.24, 2.45) is 5.14 Å². The van der Waals surface area contributed by atoms with Crippen LogP contribution >= 0.6 is 0 Å². The van der Waals surface area contributed by atoms with Gasteiger partial charge in [-0.25, -0.2) is 5.14 Å². The van der Waals surface area contributed by atoms with Crippen LogP contribution in [0, 0.1) is 0 Å². The van der Waals surface area contributed by atoms with E-state index in [-0.39, 0.29) is 0 Å². The Labute approximate surface area is 123 Å². The number of anilines is 1. The first-order valence-corrected chi connectivity index (χ1v) is 7.71. The lowest BCUT2D eigenvalue weighted by Crippen LogP contribution is -2.40. The summed E-state index contributed by atoms with van der Waals surface area (Å²) in [7, 11) is -4.02. The zero-order chi connectivity index (χ0) is 15.3. The summed E-state index contributed by atoms with van der Waals surface area (Å²) < 4.78 is 24.6. The molecule has 0 aliphatic heterocycles. The molecule has 0 saturated heterocycles. The summed E-state index contributed by atoms with van der Waals surface area (Å²) in [5.41, 5.74) is 1.07. The number of carbonyl (C=O) groups excluding carboxylic acids is 1. The number of amides is 1. The zero-order valence-corrected chi connectivity index (χ0v) is 11.9. The summed E-state index contributed by atoms with van der Waals surface area (Å²) in [6, 6.07) is 16.1. The van der Waals surface area contributed by atoms with E-state index in [0.29, 0.717) is 11.3 Å². The van der Waals surface area contributed by atoms with Gasteiger partial charge in [-0.15, -0.1) is 0 Å². The molecule has 110 valence electrons. The Kier molecular flexibility index (Phi) is 4.69. The van der Waals surface area contributed by atoms with Crippen LogP contribution in [0.25, 0.3) is 0 Å². The number of rotatable bonds is 5. The SMILES string of the molecule is NS(=O)(=O)N[C@H](C(=O)Nc1ccccc1)c1ccccc1. The van der Waals surface area contributed by atoms with Gasteiger partial charge in [-0.2, -0.15) is 13.1 Å². The van der Waals surface area contributed by atoms with Gasteiger partial charge in [0, 0.05) is 5.69 Å². The molecular weight excluding hydrogens is 290 g/mol. The molecule has 0 aromatic heterocycles. The zero-order valence-electron chi connectivity index (χ0n) is 11.1. The lowest BCUT2D eigenvalue weighted by atomic mass is 10.1. The highest BCUT2D eigenvalue weighted by Gasteiger charge is 2.24. The molecule has 4 N–H and O–H groups in total. The maximum absolute atomic E-state index is 12.3. The number of benzene rings is 2. The van der Waals surface area contributed by atoms with Gasteiger partial charge in [0.05, 0.1) is 0 Å². The average Bonchev–Trinajstić information content (AvgIpc) is 2.46. The van der Waals surface area contributed by atoms with E-state index in [2.05, 4.69) is 10.0 Å². The van der Waals surface area contributed by atoms with E-state index in [1.165, 1.54) is 0 Å². The Balaban J connectivity index is 2.25. The summed E-state index contributed by atoms with van der Waals surface area (Å²) >= 11 is 0. The highest BCUT2D eigenvalue weighted by atomic mass is 32.2. The fourth-order valence-corrected chi connectivity index (χ4v) is 2.39. The normalized spacial score (nSPS) is 12.6. The summed E-state index contributed by atoms with van der Waals surface area (Å²) in [6.45, 7) is 0. The minimum Gasteiger partial charge on any atom is -0.324 e. The molecule has 0 heterocycles. The van der Waals surface area contributed by atoms with Crippen LogP contribution in [0.2, 0.25) is 0 Å². The summed E-state index contributed by atoms with van der Waals surface area (Å²) in [5, 5.41) is 7.63. The van der Waals surface area contributed by atoms with Gasteiger partial charge in [0.15, 0.2) is 0 Å². The first kappa shape index (κ1) is 15.2.